The summed E-state index contributed by atoms with van der Waals surface area (Å²) >= 11 is 3.43. The summed E-state index contributed by atoms with van der Waals surface area (Å²) in [6.45, 7) is 2.47. The van der Waals surface area contributed by atoms with E-state index >= 15 is 0 Å². The van der Waals surface area contributed by atoms with Crippen molar-refractivity contribution in [2.45, 2.75) is 13.5 Å². The van der Waals surface area contributed by atoms with Gasteiger partial charge in [0.25, 0.3) is 0 Å². The number of hydrogen-bond donors (Lipinski definition) is 0. The molecule has 0 aliphatic carbocycles. The average molecular weight is 266 g/mol. The summed E-state index contributed by atoms with van der Waals surface area (Å²) in [5.74, 6) is 1.68. The Bertz CT molecular complexity index is 533. The van der Waals surface area contributed by atoms with E-state index in [1.807, 2.05) is 25.1 Å². The third-order valence-electron chi connectivity index (χ3n) is 2.54. The highest BCUT2D eigenvalue weighted by molar-refractivity contribution is 9.10. The molecule has 1 aromatic carbocycles. The largest absolute Gasteiger partial charge is 0.488 e. The lowest BCUT2D eigenvalue weighted by Gasteiger charge is -2.16. The summed E-state index contributed by atoms with van der Waals surface area (Å²) in [6.07, 6.45) is 0. The number of rotatable bonds is 0. The van der Waals surface area contributed by atoms with Crippen LogP contribution in [0.3, 0.4) is 0 Å². The van der Waals surface area contributed by atoms with Crippen LogP contribution in [-0.4, -0.2) is 5.16 Å². The number of fused-ring (bicyclic) bond motifs is 3. The lowest BCUT2D eigenvalue weighted by Crippen LogP contribution is -2.04. The van der Waals surface area contributed by atoms with Crippen LogP contribution >= 0.6 is 15.9 Å². The summed E-state index contributed by atoms with van der Waals surface area (Å²) < 4.78 is 11.9. The van der Waals surface area contributed by atoms with Gasteiger partial charge in [0.2, 0.25) is 0 Å². The van der Waals surface area contributed by atoms with Gasteiger partial charge in [0.1, 0.15) is 12.4 Å². The molecule has 2 aromatic rings. The molecule has 0 fully saturated rings. The molecule has 0 N–H and O–H groups in total. The lowest BCUT2D eigenvalue weighted by atomic mass is 10.0. The van der Waals surface area contributed by atoms with Gasteiger partial charge in [0.05, 0.1) is 16.8 Å². The van der Waals surface area contributed by atoms with Gasteiger partial charge in [0.15, 0.2) is 5.76 Å². The third-order valence-corrected chi connectivity index (χ3v) is 3.04. The molecule has 76 valence electrons. The monoisotopic (exact) mass is 265 g/mol. The maximum absolute atomic E-state index is 5.62. The van der Waals surface area contributed by atoms with Crippen molar-refractivity contribution in [2.24, 2.45) is 0 Å². The van der Waals surface area contributed by atoms with Crippen LogP contribution in [0.15, 0.2) is 27.2 Å². The molecule has 0 saturated heterocycles. The van der Waals surface area contributed by atoms with Crippen molar-refractivity contribution in [3.05, 3.63) is 33.9 Å². The summed E-state index contributed by atoms with van der Waals surface area (Å²) in [4.78, 5) is 0. The zero-order valence-corrected chi connectivity index (χ0v) is 9.67. The van der Waals surface area contributed by atoms with Gasteiger partial charge in [0, 0.05) is 4.47 Å². The fourth-order valence-electron chi connectivity index (χ4n) is 1.73. The second-order valence-electron chi connectivity index (χ2n) is 3.50. The van der Waals surface area contributed by atoms with Crippen molar-refractivity contribution in [3.8, 4) is 17.1 Å². The van der Waals surface area contributed by atoms with Gasteiger partial charge in [-0.15, -0.1) is 0 Å². The van der Waals surface area contributed by atoms with E-state index in [0.717, 1.165) is 32.8 Å². The van der Waals surface area contributed by atoms with Gasteiger partial charge < -0.3 is 9.26 Å². The lowest BCUT2D eigenvalue weighted by molar-refractivity contribution is 0.297. The molecule has 0 spiro atoms. The van der Waals surface area contributed by atoms with Crippen LogP contribution < -0.4 is 4.74 Å². The van der Waals surface area contributed by atoms with Crippen molar-refractivity contribution >= 4 is 15.9 Å². The van der Waals surface area contributed by atoms with E-state index in [1.165, 1.54) is 0 Å². The maximum Gasteiger partial charge on any atom is 0.177 e. The van der Waals surface area contributed by atoms with E-state index in [-0.39, 0.29) is 0 Å². The number of halogens is 1. The summed E-state index contributed by atoms with van der Waals surface area (Å²) in [6, 6.07) is 5.87. The highest BCUT2D eigenvalue weighted by Crippen LogP contribution is 2.39. The standard InChI is InChI=1S/C11H8BrNO2/c1-6-9-5-14-10-3-2-7(12)4-8(10)11(9)15-13-6/h2-4H,5H2,1H3. The van der Waals surface area contributed by atoms with Crippen LogP contribution in [0.5, 0.6) is 5.75 Å². The minimum absolute atomic E-state index is 0.541. The van der Waals surface area contributed by atoms with Gasteiger partial charge in [-0.25, -0.2) is 0 Å². The van der Waals surface area contributed by atoms with E-state index in [1.54, 1.807) is 0 Å². The zero-order valence-electron chi connectivity index (χ0n) is 8.08. The molecule has 0 atom stereocenters. The van der Waals surface area contributed by atoms with Crippen molar-refractivity contribution in [2.75, 3.05) is 0 Å². The smallest absolute Gasteiger partial charge is 0.177 e. The van der Waals surface area contributed by atoms with Crippen molar-refractivity contribution in [1.29, 1.82) is 0 Å². The second kappa shape index (κ2) is 3.10. The highest BCUT2D eigenvalue weighted by Gasteiger charge is 2.23. The Morgan fingerprint density at radius 2 is 2.27 bits per heavy atom. The highest BCUT2D eigenvalue weighted by atomic mass is 79.9. The Morgan fingerprint density at radius 1 is 1.40 bits per heavy atom. The normalized spacial score (nSPS) is 12.9. The fourth-order valence-corrected chi connectivity index (χ4v) is 2.09. The summed E-state index contributed by atoms with van der Waals surface area (Å²) in [5.41, 5.74) is 2.91. The molecule has 0 unspecified atom stereocenters. The minimum atomic E-state index is 0.541. The van der Waals surface area contributed by atoms with Gasteiger partial charge in [-0.05, 0) is 25.1 Å². The van der Waals surface area contributed by atoms with E-state index in [4.69, 9.17) is 9.26 Å². The average Bonchev–Trinajstić information content (AvgIpc) is 2.61. The SMILES string of the molecule is Cc1noc2c1COc1ccc(Br)cc1-2. The van der Waals surface area contributed by atoms with Crippen molar-refractivity contribution in [1.82, 2.24) is 5.16 Å². The van der Waals surface area contributed by atoms with Crippen LogP contribution in [0, 0.1) is 6.92 Å². The maximum atomic E-state index is 5.62. The number of nitrogens with zero attached hydrogens (tertiary/aromatic N) is 1. The Morgan fingerprint density at radius 3 is 3.13 bits per heavy atom. The Hall–Kier alpha value is -1.29. The summed E-state index contributed by atoms with van der Waals surface area (Å²) in [5, 5.41) is 3.96. The molecular weight excluding hydrogens is 258 g/mol. The number of hydrogen-bond acceptors (Lipinski definition) is 3. The molecule has 3 nitrogen and oxygen atoms in total. The van der Waals surface area contributed by atoms with Crippen molar-refractivity contribution < 1.29 is 9.26 Å². The van der Waals surface area contributed by atoms with E-state index in [9.17, 15) is 0 Å². The first-order chi connectivity index (χ1) is 7.25. The predicted molar refractivity (Wildman–Crippen MR) is 58.7 cm³/mol. The van der Waals surface area contributed by atoms with Crippen LogP contribution in [0.1, 0.15) is 11.3 Å². The molecule has 4 heteroatoms. The first kappa shape index (κ1) is 8.97. The van der Waals surface area contributed by atoms with Crippen LogP contribution in [-0.2, 0) is 6.61 Å². The molecule has 0 radical (unpaired) electrons. The number of ether oxygens (including phenoxy) is 1. The number of aryl methyl sites for hydroxylation is 1. The molecule has 2 heterocycles. The van der Waals surface area contributed by atoms with Gasteiger partial charge >= 0.3 is 0 Å². The number of benzene rings is 1. The minimum Gasteiger partial charge on any atom is -0.488 e. The third kappa shape index (κ3) is 1.28. The zero-order chi connectivity index (χ0) is 10.4. The van der Waals surface area contributed by atoms with Gasteiger partial charge in [-0.3, -0.25) is 0 Å². The molecule has 0 saturated carbocycles. The van der Waals surface area contributed by atoms with Crippen LogP contribution in [0.2, 0.25) is 0 Å². The first-order valence-corrected chi connectivity index (χ1v) is 5.43. The van der Waals surface area contributed by atoms with Gasteiger partial charge in [-0.1, -0.05) is 21.1 Å². The molecular formula is C11H8BrNO2. The quantitative estimate of drug-likeness (QED) is 0.733. The molecule has 1 aliphatic rings. The predicted octanol–water partition coefficient (Wildman–Crippen LogP) is 3.30. The van der Waals surface area contributed by atoms with E-state index in [2.05, 4.69) is 21.1 Å². The first-order valence-electron chi connectivity index (χ1n) is 4.63. The molecule has 0 bridgehead atoms. The Labute approximate surface area is 95.2 Å². The van der Waals surface area contributed by atoms with E-state index < -0.39 is 0 Å². The fraction of sp³-hybridized carbons (Fsp3) is 0.182. The van der Waals surface area contributed by atoms with Gasteiger partial charge in [-0.2, -0.15) is 0 Å². The number of aromatic nitrogens is 1. The van der Waals surface area contributed by atoms with Crippen molar-refractivity contribution in [3.63, 3.8) is 0 Å². The summed E-state index contributed by atoms with van der Waals surface area (Å²) in [7, 11) is 0. The molecule has 3 rings (SSSR count). The Kier molecular flexibility index (Phi) is 1.85. The van der Waals surface area contributed by atoms with Crippen LogP contribution in [0.25, 0.3) is 11.3 Å². The molecule has 1 aromatic heterocycles. The van der Waals surface area contributed by atoms with Crippen LogP contribution in [0.4, 0.5) is 0 Å². The molecule has 0 amide bonds. The molecule has 1 aliphatic heterocycles. The molecule has 15 heavy (non-hydrogen) atoms. The second-order valence-corrected chi connectivity index (χ2v) is 4.42. The topological polar surface area (TPSA) is 35.3 Å². The Balaban J connectivity index is 2.28. The van der Waals surface area contributed by atoms with E-state index in [0.29, 0.717) is 6.61 Å².